The van der Waals surface area contributed by atoms with E-state index < -0.39 is 0 Å². The predicted molar refractivity (Wildman–Crippen MR) is 158 cm³/mol. The number of rotatable bonds is 3. The summed E-state index contributed by atoms with van der Waals surface area (Å²) in [6.07, 6.45) is 7.52. The molecule has 4 rings (SSSR count). The summed E-state index contributed by atoms with van der Waals surface area (Å²) in [6.45, 7) is 28.1. The third kappa shape index (κ3) is 6.42. The SMILES string of the molecule is CCCC1C=C(C(C)(C)C)C=C1c1c(C)c(C(C)(C)C)cc2c1[cH-]c1cc(C)c(C(C)(C)C)cc12.[Cl-].[Cl-].[Zr+3]. The standard InChI is InChI=1S/C35H47.2ClH.Zr/c1-13-14-23-16-25(33(4,5)6)18-27(23)32-22(3)31(35(10,11)12)20-28-26-19-30(34(7,8)9)21(2)15-24(26)17-29(28)32;;;/h15-20,23H,13-14H2,1-12H3;2*1H;/q-1;;;+3/p-2. The molecular weight excluding hydrogens is 583 g/mol. The molecule has 205 valence electrons. The van der Waals surface area contributed by atoms with Gasteiger partial charge in [0.1, 0.15) is 0 Å². The van der Waals surface area contributed by atoms with Gasteiger partial charge in [-0.2, -0.15) is 0 Å². The van der Waals surface area contributed by atoms with E-state index in [2.05, 4.69) is 120 Å². The Hall–Kier alpha value is -0.747. The van der Waals surface area contributed by atoms with Crippen molar-refractivity contribution in [1.82, 2.24) is 0 Å². The minimum Gasteiger partial charge on any atom is -1.00 e. The van der Waals surface area contributed by atoms with E-state index in [0.717, 1.165) is 0 Å². The van der Waals surface area contributed by atoms with E-state index >= 15 is 0 Å². The van der Waals surface area contributed by atoms with Gasteiger partial charge >= 0.3 is 26.2 Å². The molecule has 0 bridgehead atoms. The Morgan fingerprint density at radius 3 is 1.82 bits per heavy atom. The van der Waals surface area contributed by atoms with E-state index in [-0.39, 0.29) is 67.3 Å². The second kappa shape index (κ2) is 12.0. The summed E-state index contributed by atoms with van der Waals surface area (Å²) in [6, 6.07) is 9.92. The van der Waals surface area contributed by atoms with Gasteiger partial charge in [0.2, 0.25) is 0 Å². The molecule has 1 unspecified atom stereocenters. The average Bonchev–Trinajstić information content (AvgIpc) is 3.26. The van der Waals surface area contributed by atoms with Gasteiger partial charge in [-0.25, -0.2) is 0 Å². The smallest absolute Gasteiger partial charge is 1.00 e. The fourth-order valence-electron chi connectivity index (χ4n) is 6.28. The topological polar surface area (TPSA) is 0 Å². The van der Waals surface area contributed by atoms with E-state index in [1.54, 1.807) is 0 Å². The maximum Gasteiger partial charge on any atom is 3.00 e. The number of allylic oxidation sites excluding steroid dienone is 4. The van der Waals surface area contributed by atoms with Crippen LogP contribution in [0.2, 0.25) is 0 Å². The maximum absolute atomic E-state index is 2.57. The zero-order chi connectivity index (χ0) is 26.1. The van der Waals surface area contributed by atoms with E-state index in [4.69, 9.17) is 0 Å². The van der Waals surface area contributed by atoms with E-state index in [0.29, 0.717) is 5.92 Å². The van der Waals surface area contributed by atoms with Crippen LogP contribution in [0.15, 0.2) is 42.0 Å². The summed E-state index contributed by atoms with van der Waals surface area (Å²) in [7, 11) is 0. The third-order valence-corrected chi connectivity index (χ3v) is 8.08. The monoisotopic (exact) mass is 627 g/mol. The van der Waals surface area contributed by atoms with Crippen molar-refractivity contribution in [2.24, 2.45) is 11.3 Å². The molecule has 1 aliphatic carbocycles. The zero-order valence-corrected chi connectivity index (χ0v) is 29.7. The number of fused-ring (bicyclic) bond motifs is 3. The summed E-state index contributed by atoms with van der Waals surface area (Å²) >= 11 is 0. The van der Waals surface area contributed by atoms with Crippen molar-refractivity contribution in [1.29, 1.82) is 0 Å². The Balaban J connectivity index is 0.00000241. The van der Waals surface area contributed by atoms with Crippen molar-refractivity contribution in [3.05, 3.63) is 69.8 Å². The molecule has 3 aromatic rings. The van der Waals surface area contributed by atoms with Crippen molar-refractivity contribution in [3.63, 3.8) is 0 Å². The number of hydrogen-bond donors (Lipinski definition) is 0. The van der Waals surface area contributed by atoms with E-state index in [9.17, 15) is 0 Å². The molecule has 0 nitrogen and oxygen atoms in total. The van der Waals surface area contributed by atoms with Gasteiger partial charge in [-0.1, -0.05) is 133 Å². The van der Waals surface area contributed by atoms with Crippen LogP contribution in [0.25, 0.3) is 27.1 Å². The van der Waals surface area contributed by atoms with E-state index in [1.165, 1.54) is 73.4 Å². The summed E-state index contributed by atoms with van der Waals surface area (Å²) in [5.41, 5.74) is 10.7. The summed E-state index contributed by atoms with van der Waals surface area (Å²) in [5, 5.41) is 5.66. The first kappa shape index (κ1) is 35.3. The second-order valence-electron chi connectivity index (χ2n) is 14.2. The van der Waals surface area contributed by atoms with Crippen molar-refractivity contribution in [2.75, 3.05) is 0 Å². The molecule has 1 atom stereocenters. The van der Waals surface area contributed by atoms with Gasteiger partial charge in [0.05, 0.1) is 0 Å². The van der Waals surface area contributed by atoms with Gasteiger partial charge in [-0.05, 0) is 48.0 Å². The third-order valence-electron chi connectivity index (χ3n) is 8.08. The molecule has 0 N–H and O–H groups in total. The van der Waals surface area contributed by atoms with Crippen LogP contribution in [-0.4, -0.2) is 0 Å². The molecule has 38 heavy (non-hydrogen) atoms. The van der Waals surface area contributed by atoms with Crippen molar-refractivity contribution in [3.8, 4) is 0 Å². The molecule has 0 fully saturated rings. The van der Waals surface area contributed by atoms with Gasteiger partial charge in [-0.15, -0.1) is 33.7 Å². The Morgan fingerprint density at radius 2 is 1.32 bits per heavy atom. The van der Waals surface area contributed by atoms with Gasteiger partial charge in [0.25, 0.3) is 0 Å². The first-order chi connectivity index (χ1) is 16.0. The molecule has 0 aliphatic heterocycles. The fourth-order valence-corrected chi connectivity index (χ4v) is 6.28. The van der Waals surface area contributed by atoms with Gasteiger partial charge < -0.3 is 24.8 Å². The number of halogens is 2. The summed E-state index contributed by atoms with van der Waals surface area (Å²) in [4.78, 5) is 0. The van der Waals surface area contributed by atoms with Crippen LogP contribution in [-0.2, 0) is 37.0 Å². The van der Waals surface area contributed by atoms with Crippen LogP contribution in [0.1, 0.15) is 110 Å². The maximum atomic E-state index is 2.57. The number of benzene rings is 2. The number of hydrogen-bond acceptors (Lipinski definition) is 0. The van der Waals surface area contributed by atoms with Crippen LogP contribution in [0.3, 0.4) is 0 Å². The largest absolute Gasteiger partial charge is 3.00 e. The molecule has 1 radical (unpaired) electrons. The van der Waals surface area contributed by atoms with Crippen molar-refractivity contribution >= 4 is 27.1 Å². The van der Waals surface area contributed by atoms with Crippen LogP contribution < -0.4 is 24.8 Å². The fraction of sp³-hybridized carbons (Fsp3) is 0.514. The summed E-state index contributed by atoms with van der Waals surface area (Å²) < 4.78 is 0. The minimum absolute atomic E-state index is 0. The molecule has 0 amide bonds. The Kier molecular flexibility index (Phi) is 11.1. The first-order valence-corrected chi connectivity index (χ1v) is 13.7. The van der Waals surface area contributed by atoms with Crippen LogP contribution in [0.4, 0.5) is 0 Å². The molecule has 0 spiro atoms. The number of aryl methyl sites for hydroxylation is 1. The quantitative estimate of drug-likeness (QED) is 0.368. The zero-order valence-electron chi connectivity index (χ0n) is 25.7. The van der Waals surface area contributed by atoms with Crippen molar-refractivity contribution in [2.45, 2.75) is 107 Å². The van der Waals surface area contributed by atoms with Gasteiger partial charge in [-0.3, -0.25) is 0 Å². The Bertz CT molecular complexity index is 1360. The first-order valence-electron chi connectivity index (χ1n) is 13.7. The summed E-state index contributed by atoms with van der Waals surface area (Å²) in [5.74, 6) is 0.497. The average molecular weight is 630 g/mol. The Morgan fingerprint density at radius 1 is 0.763 bits per heavy atom. The molecule has 1 aliphatic rings. The molecular formula is C35H47Cl2Zr. The van der Waals surface area contributed by atoms with Gasteiger partial charge in [0.15, 0.2) is 0 Å². The molecule has 3 aromatic carbocycles. The van der Waals surface area contributed by atoms with Crippen LogP contribution >= 0.6 is 0 Å². The Labute approximate surface area is 264 Å². The molecule has 0 saturated carbocycles. The van der Waals surface area contributed by atoms with E-state index in [1.807, 2.05) is 0 Å². The molecule has 0 saturated heterocycles. The molecule has 3 heteroatoms. The van der Waals surface area contributed by atoms with Crippen molar-refractivity contribution < 1.29 is 51.0 Å². The normalized spacial score (nSPS) is 16.1. The van der Waals surface area contributed by atoms with Crippen LogP contribution in [0.5, 0.6) is 0 Å². The second-order valence-corrected chi connectivity index (χ2v) is 14.2. The predicted octanol–water partition coefficient (Wildman–Crippen LogP) is 4.72. The van der Waals surface area contributed by atoms with Gasteiger partial charge in [0, 0.05) is 0 Å². The minimum atomic E-state index is 0. The van der Waals surface area contributed by atoms with Crippen LogP contribution in [0, 0.1) is 25.2 Å². The molecule has 0 heterocycles. The molecule has 0 aromatic heterocycles.